The van der Waals surface area contributed by atoms with Crippen molar-refractivity contribution in [3.8, 4) is 0 Å². The van der Waals surface area contributed by atoms with Gasteiger partial charge in [0.2, 0.25) is 5.91 Å². The number of amides is 2. The fraction of sp³-hybridized carbons (Fsp3) is 0.636. The Hall–Kier alpha value is -1.95. The molecule has 0 atom stereocenters. The molecule has 2 aliphatic rings. The monoisotopic (exact) mass is 389 g/mol. The summed E-state index contributed by atoms with van der Waals surface area (Å²) in [6, 6.07) is 6.01. The van der Waals surface area contributed by atoms with Crippen molar-refractivity contribution in [2.24, 2.45) is 0 Å². The standard InChI is InChI=1S/C22H32FN3O2/c23-19-11-9-18(10-12-19)22(28)26-14-6-13-25(15-16-26)17-21(27)24-20-7-4-2-1-3-5-8-20/h9-12,20H,1-8,13-17H2,(H,24,27). The Morgan fingerprint density at radius 1 is 0.893 bits per heavy atom. The summed E-state index contributed by atoms with van der Waals surface area (Å²) >= 11 is 0. The zero-order valence-corrected chi connectivity index (χ0v) is 16.7. The predicted molar refractivity (Wildman–Crippen MR) is 108 cm³/mol. The molecule has 1 heterocycles. The van der Waals surface area contributed by atoms with Crippen molar-refractivity contribution in [3.05, 3.63) is 35.6 Å². The lowest BCUT2D eigenvalue weighted by molar-refractivity contribution is -0.123. The molecule has 1 aromatic carbocycles. The van der Waals surface area contributed by atoms with Gasteiger partial charge >= 0.3 is 0 Å². The Kier molecular flexibility index (Phi) is 7.83. The summed E-state index contributed by atoms with van der Waals surface area (Å²) in [5.41, 5.74) is 0.511. The molecule has 2 amide bonds. The Labute approximate surface area is 167 Å². The molecular formula is C22H32FN3O2. The van der Waals surface area contributed by atoms with Crippen LogP contribution in [0.25, 0.3) is 0 Å². The summed E-state index contributed by atoms with van der Waals surface area (Å²) in [6.45, 7) is 3.15. The summed E-state index contributed by atoms with van der Waals surface area (Å²) in [4.78, 5) is 29.1. The average molecular weight is 390 g/mol. The molecule has 1 aromatic rings. The molecule has 1 aliphatic carbocycles. The third-order valence-electron chi connectivity index (χ3n) is 5.80. The molecule has 5 nitrogen and oxygen atoms in total. The highest BCUT2D eigenvalue weighted by Gasteiger charge is 2.22. The number of halogens is 1. The van der Waals surface area contributed by atoms with Gasteiger partial charge in [-0.3, -0.25) is 14.5 Å². The maximum Gasteiger partial charge on any atom is 0.253 e. The lowest BCUT2D eigenvalue weighted by Gasteiger charge is -2.24. The van der Waals surface area contributed by atoms with Gasteiger partial charge in [-0.05, 0) is 43.5 Å². The van der Waals surface area contributed by atoms with Gasteiger partial charge in [0.25, 0.3) is 5.91 Å². The number of benzene rings is 1. The fourth-order valence-corrected chi connectivity index (χ4v) is 4.18. The van der Waals surface area contributed by atoms with Gasteiger partial charge in [0, 0.05) is 37.8 Å². The van der Waals surface area contributed by atoms with Gasteiger partial charge in [-0.25, -0.2) is 4.39 Å². The van der Waals surface area contributed by atoms with Crippen LogP contribution in [-0.4, -0.2) is 60.4 Å². The van der Waals surface area contributed by atoms with Gasteiger partial charge in [0.1, 0.15) is 5.82 Å². The number of carbonyl (C=O) groups excluding carboxylic acids is 2. The number of carbonyl (C=O) groups is 2. The van der Waals surface area contributed by atoms with Crippen LogP contribution in [0.4, 0.5) is 4.39 Å². The van der Waals surface area contributed by atoms with Crippen LogP contribution < -0.4 is 5.32 Å². The van der Waals surface area contributed by atoms with E-state index in [1.54, 1.807) is 4.90 Å². The van der Waals surface area contributed by atoms with E-state index in [0.29, 0.717) is 37.8 Å². The summed E-state index contributed by atoms with van der Waals surface area (Å²) < 4.78 is 13.1. The normalized spacial score (nSPS) is 20.1. The van der Waals surface area contributed by atoms with E-state index in [4.69, 9.17) is 0 Å². The summed E-state index contributed by atoms with van der Waals surface area (Å²) in [5.74, 6) is -0.307. The number of nitrogens with zero attached hydrogens (tertiary/aromatic N) is 2. The summed E-state index contributed by atoms with van der Waals surface area (Å²) in [6.07, 6.45) is 9.29. The molecule has 0 bridgehead atoms. The average Bonchev–Trinajstić information content (AvgIpc) is 2.89. The van der Waals surface area contributed by atoms with E-state index < -0.39 is 0 Å². The molecule has 6 heteroatoms. The van der Waals surface area contributed by atoms with Crippen LogP contribution in [-0.2, 0) is 4.79 Å². The molecule has 1 saturated carbocycles. The van der Waals surface area contributed by atoms with Crippen LogP contribution in [0.1, 0.15) is 61.7 Å². The van der Waals surface area contributed by atoms with E-state index in [9.17, 15) is 14.0 Å². The molecule has 1 saturated heterocycles. The minimum absolute atomic E-state index is 0.0687. The van der Waals surface area contributed by atoms with E-state index >= 15 is 0 Å². The van der Waals surface area contributed by atoms with Crippen molar-refractivity contribution in [3.63, 3.8) is 0 Å². The van der Waals surface area contributed by atoms with Crippen LogP contribution in [0.15, 0.2) is 24.3 Å². The first-order chi connectivity index (χ1) is 13.6. The van der Waals surface area contributed by atoms with Crippen LogP contribution in [0.2, 0.25) is 0 Å². The Bertz CT molecular complexity index is 642. The van der Waals surface area contributed by atoms with E-state index in [1.807, 2.05) is 0 Å². The Morgan fingerprint density at radius 2 is 1.57 bits per heavy atom. The van der Waals surface area contributed by atoms with Gasteiger partial charge in [-0.2, -0.15) is 0 Å². The van der Waals surface area contributed by atoms with E-state index in [1.165, 1.54) is 56.4 Å². The lowest BCUT2D eigenvalue weighted by Crippen LogP contribution is -2.43. The van der Waals surface area contributed by atoms with Gasteiger partial charge in [0.05, 0.1) is 6.54 Å². The van der Waals surface area contributed by atoms with E-state index in [-0.39, 0.29) is 17.6 Å². The molecule has 1 aliphatic heterocycles. The molecule has 1 N–H and O–H groups in total. The first kappa shape index (κ1) is 20.8. The van der Waals surface area contributed by atoms with Crippen molar-refractivity contribution < 1.29 is 14.0 Å². The molecule has 0 unspecified atom stereocenters. The Balaban J connectivity index is 1.45. The highest BCUT2D eigenvalue weighted by molar-refractivity contribution is 5.94. The largest absolute Gasteiger partial charge is 0.352 e. The third-order valence-corrected chi connectivity index (χ3v) is 5.80. The molecule has 0 radical (unpaired) electrons. The van der Waals surface area contributed by atoms with Crippen LogP contribution >= 0.6 is 0 Å². The minimum Gasteiger partial charge on any atom is -0.352 e. The van der Waals surface area contributed by atoms with Crippen molar-refractivity contribution in [2.75, 3.05) is 32.7 Å². The second-order valence-corrected chi connectivity index (χ2v) is 8.04. The molecule has 0 spiro atoms. The van der Waals surface area contributed by atoms with Gasteiger partial charge in [-0.15, -0.1) is 0 Å². The predicted octanol–water partition coefficient (Wildman–Crippen LogP) is 3.20. The second-order valence-electron chi connectivity index (χ2n) is 8.04. The van der Waals surface area contributed by atoms with Gasteiger partial charge < -0.3 is 10.2 Å². The maximum absolute atomic E-state index is 13.1. The first-order valence-corrected chi connectivity index (χ1v) is 10.7. The highest BCUT2D eigenvalue weighted by atomic mass is 19.1. The third kappa shape index (κ3) is 6.30. The SMILES string of the molecule is O=C(CN1CCCN(C(=O)c2ccc(F)cc2)CC1)NC1CCCCCCC1. The topological polar surface area (TPSA) is 52.7 Å². The zero-order valence-electron chi connectivity index (χ0n) is 16.7. The molecular weight excluding hydrogens is 357 g/mol. The smallest absolute Gasteiger partial charge is 0.253 e. The van der Waals surface area contributed by atoms with Crippen LogP contribution in [0, 0.1) is 5.82 Å². The summed E-state index contributed by atoms with van der Waals surface area (Å²) in [5, 5.41) is 3.22. The number of hydrogen-bond donors (Lipinski definition) is 1. The van der Waals surface area contributed by atoms with Crippen LogP contribution in [0.3, 0.4) is 0 Å². The van der Waals surface area contributed by atoms with Crippen LogP contribution in [0.5, 0.6) is 0 Å². The molecule has 2 fully saturated rings. The van der Waals surface area contributed by atoms with Crippen molar-refractivity contribution >= 4 is 11.8 Å². The van der Waals surface area contributed by atoms with Gasteiger partial charge in [0.15, 0.2) is 0 Å². The van der Waals surface area contributed by atoms with Crippen molar-refractivity contribution in [1.82, 2.24) is 15.1 Å². The molecule has 28 heavy (non-hydrogen) atoms. The molecule has 154 valence electrons. The van der Waals surface area contributed by atoms with E-state index in [2.05, 4.69) is 10.2 Å². The molecule has 3 rings (SSSR count). The minimum atomic E-state index is -0.339. The highest BCUT2D eigenvalue weighted by Crippen LogP contribution is 2.17. The second kappa shape index (κ2) is 10.6. The fourth-order valence-electron chi connectivity index (χ4n) is 4.18. The van der Waals surface area contributed by atoms with Crippen molar-refractivity contribution in [2.45, 2.75) is 57.4 Å². The lowest BCUT2D eigenvalue weighted by atomic mass is 9.97. The van der Waals surface area contributed by atoms with Gasteiger partial charge in [-0.1, -0.05) is 32.1 Å². The maximum atomic E-state index is 13.1. The number of rotatable bonds is 4. The summed E-state index contributed by atoms with van der Waals surface area (Å²) in [7, 11) is 0. The Morgan fingerprint density at radius 3 is 2.29 bits per heavy atom. The molecule has 0 aromatic heterocycles. The number of nitrogens with one attached hydrogen (secondary N) is 1. The van der Waals surface area contributed by atoms with E-state index in [0.717, 1.165) is 25.8 Å². The zero-order chi connectivity index (χ0) is 19.8. The first-order valence-electron chi connectivity index (χ1n) is 10.7. The van der Waals surface area contributed by atoms with Crippen molar-refractivity contribution in [1.29, 1.82) is 0 Å². The quantitative estimate of drug-likeness (QED) is 0.860. The number of hydrogen-bond acceptors (Lipinski definition) is 3.